The van der Waals surface area contributed by atoms with Crippen LogP contribution in [0.1, 0.15) is 23.0 Å². The molecule has 0 bridgehead atoms. The Morgan fingerprint density at radius 1 is 1.56 bits per heavy atom. The first-order valence-corrected chi connectivity index (χ1v) is 5.32. The number of nitrogens with zero attached hydrogens (tertiary/aromatic N) is 1. The highest BCUT2D eigenvalue weighted by atomic mass is 16.5. The smallest absolute Gasteiger partial charge is 0.330 e. The molecule has 2 heterocycles. The SMILES string of the molecule is O=Cc1cn([C@H]2C[C@H](O)[C@@H](CO)O2)c(=O)[nH]c1=O. The number of rotatable bonds is 3. The summed E-state index contributed by atoms with van der Waals surface area (Å²) in [7, 11) is 0. The lowest BCUT2D eigenvalue weighted by atomic mass is 10.2. The Morgan fingerprint density at radius 2 is 2.28 bits per heavy atom. The Morgan fingerprint density at radius 3 is 2.83 bits per heavy atom. The van der Waals surface area contributed by atoms with Gasteiger partial charge in [0, 0.05) is 12.6 Å². The fraction of sp³-hybridized carbons (Fsp3) is 0.500. The summed E-state index contributed by atoms with van der Waals surface area (Å²) in [5, 5.41) is 18.5. The minimum absolute atomic E-state index is 0.0927. The summed E-state index contributed by atoms with van der Waals surface area (Å²) in [5.74, 6) is 0. The van der Waals surface area contributed by atoms with Crippen molar-refractivity contribution in [1.82, 2.24) is 9.55 Å². The third-order valence-electron chi connectivity index (χ3n) is 2.82. The van der Waals surface area contributed by atoms with Crippen LogP contribution in [-0.4, -0.2) is 44.9 Å². The van der Waals surface area contributed by atoms with Crippen molar-refractivity contribution < 1.29 is 19.7 Å². The van der Waals surface area contributed by atoms with E-state index in [1.54, 1.807) is 0 Å². The van der Waals surface area contributed by atoms with E-state index in [9.17, 15) is 19.5 Å². The van der Waals surface area contributed by atoms with Crippen LogP contribution in [0.5, 0.6) is 0 Å². The molecule has 98 valence electrons. The van der Waals surface area contributed by atoms with Crippen LogP contribution in [-0.2, 0) is 4.74 Å². The second-order valence-electron chi connectivity index (χ2n) is 3.98. The first-order chi connectivity index (χ1) is 8.56. The van der Waals surface area contributed by atoms with Crippen molar-refractivity contribution in [3.05, 3.63) is 32.6 Å². The van der Waals surface area contributed by atoms with Gasteiger partial charge in [-0.15, -0.1) is 0 Å². The monoisotopic (exact) mass is 256 g/mol. The average Bonchev–Trinajstić information content (AvgIpc) is 2.70. The lowest BCUT2D eigenvalue weighted by Crippen LogP contribution is -2.34. The van der Waals surface area contributed by atoms with Gasteiger partial charge in [0.15, 0.2) is 6.29 Å². The molecule has 2 rings (SSSR count). The summed E-state index contributed by atoms with van der Waals surface area (Å²) in [5.41, 5.74) is -1.72. The van der Waals surface area contributed by atoms with E-state index in [1.165, 1.54) is 0 Å². The minimum Gasteiger partial charge on any atom is -0.394 e. The number of aldehydes is 1. The van der Waals surface area contributed by atoms with Gasteiger partial charge in [-0.1, -0.05) is 0 Å². The zero-order chi connectivity index (χ0) is 13.3. The highest BCUT2D eigenvalue weighted by Crippen LogP contribution is 2.27. The topological polar surface area (TPSA) is 122 Å². The van der Waals surface area contributed by atoms with Gasteiger partial charge in [0.05, 0.1) is 18.3 Å². The molecule has 1 aliphatic heterocycles. The van der Waals surface area contributed by atoms with E-state index < -0.39 is 29.7 Å². The molecule has 0 aromatic carbocycles. The fourth-order valence-corrected chi connectivity index (χ4v) is 1.85. The highest BCUT2D eigenvalue weighted by Gasteiger charge is 2.35. The maximum atomic E-state index is 11.6. The zero-order valence-electron chi connectivity index (χ0n) is 9.28. The molecule has 0 amide bonds. The first-order valence-electron chi connectivity index (χ1n) is 5.32. The second-order valence-corrected chi connectivity index (χ2v) is 3.98. The predicted octanol–water partition coefficient (Wildman–Crippen LogP) is -2.01. The van der Waals surface area contributed by atoms with E-state index in [0.29, 0.717) is 6.29 Å². The quantitative estimate of drug-likeness (QED) is 0.537. The predicted molar refractivity (Wildman–Crippen MR) is 58.3 cm³/mol. The highest BCUT2D eigenvalue weighted by molar-refractivity contribution is 5.73. The van der Waals surface area contributed by atoms with Crippen molar-refractivity contribution in [3.8, 4) is 0 Å². The van der Waals surface area contributed by atoms with E-state index >= 15 is 0 Å². The Labute approximate surface area is 100 Å². The van der Waals surface area contributed by atoms with Gasteiger partial charge in [0.2, 0.25) is 0 Å². The van der Waals surface area contributed by atoms with Crippen molar-refractivity contribution in [1.29, 1.82) is 0 Å². The van der Waals surface area contributed by atoms with Gasteiger partial charge < -0.3 is 14.9 Å². The summed E-state index contributed by atoms with van der Waals surface area (Å²) in [6.07, 6.45) is -1.02. The number of carbonyl (C=O) groups is 1. The molecule has 1 aromatic heterocycles. The molecule has 3 N–H and O–H groups in total. The van der Waals surface area contributed by atoms with Crippen LogP contribution in [0.2, 0.25) is 0 Å². The van der Waals surface area contributed by atoms with E-state index in [4.69, 9.17) is 9.84 Å². The maximum Gasteiger partial charge on any atom is 0.330 e. The number of aliphatic hydroxyl groups is 2. The Bertz CT molecular complexity index is 562. The van der Waals surface area contributed by atoms with Crippen LogP contribution in [0.3, 0.4) is 0 Å². The maximum absolute atomic E-state index is 11.6. The number of H-pyrrole nitrogens is 1. The number of aromatic nitrogens is 2. The van der Waals surface area contributed by atoms with Gasteiger partial charge in [-0.2, -0.15) is 0 Å². The number of ether oxygens (including phenoxy) is 1. The molecule has 8 heteroatoms. The number of hydrogen-bond acceptors (Lipinski definition) is 6. The molecule has 0 aliphatic carbocycles. The van der Waals surface area contributed by atoms with Crippen molar-refractivity contribution >= 4 is 6.29 Å². The molecule has 3 atom stereocenters. The first kappa shape index (κ1) is 12.7. The van der Waals surface area contributed by atoms with Crippen LogP contribution in [0.25, 0.3) is 0 Å². The number of aliphatic hydroxyl groups excluding tert-OH is 2. The fourth-order valence-electron chi connectivity index (χ4n) is 1.85. The molecule has 1 fully saturated rings. The second kappa shape index (κ2) is 4.84. The number of aromatic amines is 1. The van der Waals surface area contributed by atoms with Crippen LogP contribution in [0.4, 0.5) is 0 Å². The minimum atomic E-state index is -0.904. The largest absolute Gasteiger partial charge is 0.394 e. The molecule has 0 radical (unpaired) electrons. The van der Waals surface area contributed by atoms with E-state index in [2.05, 4.69) is 0 Å². The molecule has 0 saturated carbocycles. The molecule has 8 nitrogen and oxygen atoms in total. The molecule has 1 aromatic rings. The van der Waals surface area contributed by atoms with Crippen LogP contribution in [0, 0.1) is 0 Å². The molecule has 0 spiro atoms. The third kappa shape index (κ3) is 2.13. The van der Waals surface area contributed by atoms with Crippen molar-refractivity contribution in [3.63, 3.8) is 0 Å². The van der Waals surface area contributed by atoms with Gasteiger partial charge in [-0.3, -0.25) is 19.1 Å². The van der Waals surface area contributed by atoms with Crippen LogP contribution >= 0.6 is 0 Å². The van der Waals surface area contributed by atoms with Gasteiger partial charge in [-0.05, 0) is 0 Å². The zero-order valence-corrected chi connectivity index (χ0v) is 9.28. The molecular weight excluding hydrogens is 244 g/mol. The Hall–Kier alpha value is -1.77. The summed E-state index contributed by atoms with van der Waals surface area (Å²) in [6.45, 7) is -0.379. The standard InChI is InChI=1S/C10H12N2O6/c13-3-5-2-12(10(17)11-9(5)16)8-1-6(15)7(4-14)18-8/h2-3,6-8,14-15H,1,4H2,(H,11,16,17)/t6-,7+,8+/m0/s1. The summed E-state index contributed by atoms with van der Waals surface area (Å²) < 4.78 is 6.27. The number of nitrogens with one attached hydrogen (secondary N) is 1. The summed E-state index contributed by atoms with van der Waals surface area (Å²) in [6, 6.07) is 0. The molecule has 0 unspecified atom stereocenters. The van der Waals surface area contributed by atoms with Crippen molar-refractivity contribution in [2.24, 2.45) is 0 Å². The van der Waals surface area contributed by atoms with E-state index in [0.717, 1.165) is 10.8 Å². The normalized spacial score (nSPS) is 27.3. The summed E-state index contributed by atoms with van der Waals surface area (Å²) >= 11 is 0. The van der Waals surface area contributed by atoms with Gasteiger partial charge in [0.1, 0.15) is 12.3 Å². The molecule has 18 heavy (non-hydrogen) atoms. The van der Waals surface area contributed by atoms with Crippen molar-refractivity contribution in [2.75, 3.05) is 6.61 Å². The number of hydrogen-bond donors (Lipinski definition) is 3. The van der Waals surface area contributed by atoms with Crippen LogP contribution < -0.4 is 11.2 Å². The Balaban J connectivity index is 2.38. The average molecular weight is 256 g/mol. The number of carbonyl (C=O) groups excluding carboxylic acids is 1. The van der Waals surface area contributed by atoms with Gasteiger partial charge in [-0.25, -0.2) is 4.79 Å². The summed E-state index contributed by atoms with van der Waals surface area (Å²) in [4.78, 5) is 35.4. The van der Waals surface area contributed by atoms with Gasteiger partial charge in [0.25, 0.3) is 5.56 Å². The molecule has 1 aliphatic rings. The van der Waals surface area contributed by atoms with Crippen molar-refractivity contribution in [2.45, 2.75) is 24.9 Å². The van der Waals surface area contributed by atoms with Gasteiger partial charge >= 0.3 is 5.69 Å². The van der Waals surface area contributed by atoms with Crippen LogP contribution in [0.15, 0.2) is 15.8 Å². The van der Waals surface area contributed by atoms with E-state index in [1.807, 2.05) is 4.98 Å². The molecular formula is C10H12N2O6. The molecule has 1 saturated heterocycles. The third-order valence-corrected chi connectivity index (χ3v) is 2.82. The lowest BCUT2D eigenvalue weighted by molar-refractivity contribution is -0.0459. The van der Waals surface area contributed by atoms with E-state index in [-0.39, 0.29) is 18.6 Å². The Kier molecular flexibility index (Phi) is 3.41. The lowest BCUT2D eigenvalue weighted by Gasteiger charge is -2.14.